The van der Waals surface area contributed by atoms with Crippen molar-refractivity contribution in [2.45, 2.75) is 13.0 Å². The second kappa shape index (κ2) is 15.3. The molecule has 0 aromatic heterocycles. The van der Waals surface area contributed by atoms with Crippen molar-refractivity contribution < 1.29 is 28.4 Å². The zero-order valence-electron chi connectivity index (χ0n) is 17.6. The summed E-state index contributed by atoms with van der Waals surface area (Å²) in [6, 6.07) is 26.0. The molecular weight excluding hydrogens is 367 g/mol. The molecule has 0 saturated carbocycles. The first-order valence-corrected chi connectivity index (χ1v) is 9.52. The van der Waals surface area contributed by atoms with Crippen LogP contribution in [-0.4, -0.2) is 19.5 Å². The molecule has 3 aromatic rings. The largest absolute Gasteiger partial charge is 1.00 e. The third-order valence-electron chi connectivity index (χ3n) is 4.08. The van der Waals surface area contributed by atoms with Crippen LogP contribution < -0.4 is 34.2 Å². The topological polar surface area (TPSA) is 50.4 Å². The van der Waals surface area contributed by atoms with E-state index in [1.165, 1.54) is 11.1 Å². The molecule has 0 atom stereocenters. The van der Waals surface area contributed by atoms with Crippen LogP contribution in [0.3, 0.4) is 0 Å². The number of carbonyl (C=O) groups excluding carboxylic acids is 1. The van der Waals surface area contributed by atoms with E-state index >= 15 is 0 Å². The van der Waals surface area contributed by atoms with Crippen LogP contribution in [0, 0.1) is 13.8 Å². The number of ether oxygens (including phenoxy) is 1. The zero-order valence-corrected chi connectivity index (χ0v) is 17.6. The van der Waals surface area contributed by atoms with Gasteiger partial charge in [-0.25, -0.2) is 0 Å². The van der Waals surface area contributed by atoms with Gasteiger partial charge < -0.3 is 34.0 Å². The van der Waals surface area contributed by atoms with E-state index in [2.05, 4.69) is 48.7 Å². The van der Waals surface area contributed by atoms with Crippen LogP contribution >= 0.6 is 0 Å². The maximum absolute atomic E-state index is 10.3. The fourth-order valence-corrected chi connectivity index (χ4v) is 2.56. The Kier molecular flexibility index (Phi) is 13.1. The molecule has 0 saturated heterocycles. The van der Waals surface area contributed by atoms with Crippen molar-refractivity contribution in [3.05, 3.63) is 109 Å². The van der Waals surface area contributed by atoms with Crippen molar-refractivity contribution in [3.63, 3.8) is 0 Å². The fourth-order valence-electron chi connectivity index (χ4n) is 2.56. The summed E-state index contributed by atoms with van der Waals surface area (Å²) in [5.41, 5.74) is 4.33. The maximum atomic E-state index is 10.3. The molecule has 1 amide bonds. The minimum atomic E-state index is 0. The number of para-hydroxylation sites is 1. The minimum absolute atomic E-state index is 0. The first-order valence-electron chi connectivity index (χ1n) is 9.52. The molecule has 0 fully saturated rings. The number of amides is 1. The van der Waals surface area contributed by atoms with Crippen LogP contribution in [0.5, 0.6) is 5.75 Å². The average Bonchev–Trinajstić information content (AvgIpc) is 2.77. The van der Waals surface area contributed by atoms with E-state index in [1.807, 2.05) is 54.6 Å². The summed E-state index contributed by atoms with van der Waals surface area (Å²) >= 11 is 0. The zero-order chi connectivity index (χ0) is 20.7. The predicted octanol–water partition coefficient (Wildman–Crippen LogP) is 1.58. The molecule has 0 radical (unpaired) electrons. The Bertz CT molecular complexity index is 820. The normalized spacial score (nSPS) is 9.53. The van der Waals surface area contributed by atoms with Crippen LogP contribution in [0.15, 0.2) is 78.9 Å². The Balaban J connectivity index is 0.000000674. The van der Waals surface area contributed by atoms with Gasteiger partial charge in [-0.1, -0.05) is 54.6 Å². The van der Waals surface area contributed by atoms with Gasteiger partial charge in [-0.3, -0.25) is 0 Å². The van der Waals surface area contributed by atoms with Crippen molar-refractivity contribution in [2.24, 2.45) is 0 Å². The molecule has 4 nitrogen and oxygen atoms in total. The van der Waals surface area contributed by atoms with Gasteiger partial charge in [0.2, 0.25) is 0 Å². The SMILES string of the molecule is O=[C-]Nc1ccc(Cc2ccc(COc3ccccc3)cc2)cc1.[CH2-]CNC[CH2-].[Li+]. The van der Waals surface area contributed by atoms with Gasteiger partial charge in [0, 0.05) is 0 Å². The van der Waals surface area contributed by atoms with Gasteiger partial charge in [0.1, 0.15) is 12.4 Å². The molecule has 2 N–H and O–H groups in total. The van der Waals surface area contributed by atoms with E-state index in [-0.39, 0.29) is 18.9 Å². The van der Waals surface area contributed by atoms with Crippen molar-refractivity contribution in [3.8, 4) is 5.75 Å². The van der Waals surface area contributed by atoms with Gasteiger partial charge in [0.25, 0.3) is 0 Å². The third kappa shape index (κ3) is 9.80. The van der Waals surface area contributed by atoms with E-state index in [9.17, 15) is 4.79 Å². The molecule has 0 aliphatic rings. The quantitative estimate of drug-likeness (QED) is 0.329. The number of benzene rings is 3. The molecule has 152 valence electrons. The number of hydrogen-bond donors (Lipinski definition) is 2. The minimum Gasteiger partial charge on any atom is -0.490 e. The van der Waals surface area contributed by atoms with Gasteiger partial charge in [0.15, 0.2) is 0 Å². The van der Waals surface area contributed by atoms with Crippen LogP contribution in [0.2, 0.25) is 0 Å². The molecule has 0 aliphatic carbocycles. The standard InChI is InChI=1S/C21H18NO2.C4H9N.Li/c23-16-22-20-12-10-18(11-13-20)14-17-6-8-19(9-7-17)15-24-21-4-2-1-3-5-21;1-3-5-4-2;/h1-13H,14-15H2,(H,22,23);5H,1-4H2;/q-1;-2;+1. The van der Waals surface area contributed by atoms with Crippen molar-refractivity contribution in [2.75, 3.05) is 18.4 Å². The van der Waals surface area contributed by atoms with Crippen LogP contribution in [0.4, 0.5) is 5.69 Å². The number of rotatable bonds is 9. The van der Waals surface area contributed by atoms with E-state index in [1.54, 1.807) is 6.41 Å². The molecule has 0 bridgehead atoms. The summed E-state index contributed by atoms with van der Waals surface area (Å²) in [6.07, 6.45) is 2.52. The first kappa shape index (κ1) is 25.5. The van der Waals surface area contributed by atoms with Crippen molar-refractivity contribution in [1.82, 2.24) is 5.32 Å². The molecular formula is C25H27LiN2O2-2. The summed E-state index contributed by atoms with van der Waals surface area (Å²) < 4.78 is 5.75. The van der Waals surface area contributed by atoms with E-state index in [4.69, 9.17) is 4.74 Å². The molecule has 0 spiro atoms. The van der Waals surface area contributed by atoms with E-state index in [0.717, 1.165) is 36.5 Å². The molecule has 0 unspecified atom stereocenters. The van der Waals surface area contributed by atoms with Crippen LogP contribution in [-0.2, 0) is 17.8 Å². The molecule has 3 rings (SSSR count). The predicted molar refractivity (Wildman–Crippen MR) is 119 cm³/mol. The summed E-state index contributed by atoms with van der Waals surface area (Å²) in [6.45, 7) is 9.17. The third-order valence-corrected chi connectivity index (χ3v) is 4.08. The second-order valence-corrected chi connectivity index (χ2v) is 6.27. The van der Waals surface area contributed by atoms with Gasteiger partial charge in [-0.2, -0.15) is 0 Å². The van der Waals surface area contributed by atoms with Gasteiger partial charge in [0.05, 0.1) is 6.41 Å². The maximum Gasteiger partial charge on any atom is 1.00 e. The van der Waals surface area contributed by atoms with Crippen molar-refractivity contribution >= 4 is 12.1 Å². The Morgan fingerprint density at radius 3 is 1.80 bits per heavy atom. The van der Waals surface area contributed by atoms with E-state index < -0.39 is 0 Å². The first-order chi connectivity index (χ1) is 14.2. The molecule has 3 aromatic carbocycles. The van der Waals surface area contributed by atoms with Gasteiger partial charge >= 0.3 is 18.9 Å². The summed E-state index contributed by atoms with van der Waals surface area (Å²) in [7, 11) is 0. The summed E-state index contributed by atoms with van der Waals surface area (Å²) in [5.74, 6) is 0.878. The van der Waals surface area contributed by atoms with Crippen LogP contribution in [0.25, 0.3) is 0 Å². The molecule has 30 heavy (non-hydrogen) atoms. The Hall–Kier alpha value is -2.51. The Morgan fingerprint density at radius 2 is 1.30 bits per heavy atom. The Morgan fingerprint density at radius 1 is 0.767 bits per heavy atom. The average molecular weight is 394 g/mol. The van der Waals surface area contributed by atoms with E-state index in [0.29, 0.717) is 6.61 Å². The summed E-state index contributed by atoms with van der Waals surface area (Å²) in [4.78, 5) is 10.3. The second-order valence-electron chi connectivity index (χ2n) is 6.27. The smallest absolute Gasteiger partial charge is 0.490 e. The Labute approximate surface area is 192 Å². The molecule has 5 heteroatoms. The number of hydrogen-bond acceptors (Lipinski definition) is 3. The number of nitrogens with one attached hydrogen (secondary N) is 2. The van der Waals surface area contributed by atoms with Crippen LogP contribution in [0.1, 0.15) is 16.7 Å². The fraction of sp³-hybridized carbons (Fsp3) is 0.160. The molecule has 0 heterocycles. The monoisotopic (exact) mass is 394 g/mol. The van der Waals surface area contributed by atoms with Crippen molar-refractivity contribution in [1.29, 1.82) is 0 Å². The summed E-state index contributed by atoms with van der Waals surface area (Å²) in [5, 5.41) is 5.40. The van der Waals surface area contributed by atoms with Gasteiger partial charge in [-0.05, 0) is 35.2 Å². The van der Waals surface area contributed by atoms with Gasteiger partial charge in [-0.15, -0.1) is 30.9 Å². The molecule has 0 aliphatic heterocycles. The number of anilines is 1.